The van der Waals surface area contributed by atoms with E-state index < -0.39 is 11.9 Å². The van der Waals surface area contributed by atoms with Crippen LogP contribution in [0.5, 0.6) is 0 Å². The molecule has 0 aliphatic carbocycles. The molecular formula is C17H20N4O4S. The van der Waals surface area contributed by atoms with Crippen LogP contribution in [0.4, 0.5) is 5.69 Å². The minimum Gasteiger partial charge on any atom is -0.464 e. The Labute approximate surface area is 154 Å². The Hall–Kier alpha value is -2.68. The Balaban J connectivity index is 1.91. The summed E-state index contributed by atoms with van der Waals surface area (Å²) in [4.78, 5) is 39.7. The zero-order valence-electron chi connectivity index (χ0n) is 15.0. The van der Waals surface area contributed by atoms with Crippen molar-refractivity contribution in [2.24, 2.45) is 13.0 Å². The van der Waals surface area contributed by atoms with Crippen LogP contribution in [0, 0.1) is 12.8 Å². The second-order valence-corrected chi connectivity index (χ2v) is 7.17. The molecule has 138 valence electrons. The number of nitrogens with zero attached hydrogens (tertiary/aromatic N) is 3. The maximum absolute atomic E-state index is 13.0. The summed E-state index contributed by atoms with van der Waals surface area (Å²) in [5.74, 6) is -1.57. The molecule has 3 heterocycles. The van der Waals surface area contributed by atoms with Gasteiger partial charge in [0.25, 0.3) is 0 Å². The minimum atomic E-state index is -0.626. The summed E-state index contributed by atoms with van der Waals surface area (Å²) in [5, 5.41) is 8.82. The van der Waals surface area contributed by atoms with Crippen LogP contribution in [-0.4, -0.2) is 46.6 Å². The lowest BCUT2D eigenvalue weighted by atomic mass is 9.97. The SMILES string of the molecule is COC(=O)c1nn(C)c(C)c1NC(=O)C1CC(=O)N(C)C1c1cccs1. The summed E-state index contributed by atoms with van der Waals surface area (Å²) in [6, 6.07) is 3.49. The van der Waals surface area contributed by atoms with Crippen LogP contribution in [0.25, 0.3) is 0 Å². The lowest BCUT2D eigenvalue weighted by molar-refractivity contribution is -0.127. The van der Waals surface area contributed by atoms with Gasteiger partial charge in [0.2, 0.25) is 11.8 Å². The highest BCUT2D eigenvalue weighted by atomic mass is 32.1. The largest absolute Gasteiger partial charge is 0.464 e. The molecule has 8 nitrogen and oxygen atoms in total. The molecule has 2 aromatic heterocycles. The Bertz CT molecular complexity index is 858. The van der Waals surface area contributed by atoms with E-state index in [0.29, 0.717) is 11.4 Å². The van der Waals surface area contributed by atoms with Gasteiger partial charge in [-0.1, -0.05) is 6.07 Å². The van der Waals surface area contributed by atoms with Gasteiger partial charge in [-0.25, -0.2) is 4.79 Å². The maximum Gasteiger partial charge on any atom is 0.360 e. The van der Waals surface area contributed by atoms with Crippen molar-refractivity contribution < 1.29 is 19.1 Å². The average Bonchev–Trinajstić information content (AvgIpc) is 3.30. The third-order valence-corrected chi connectivity index (χ3v) is 5.66. The number of carbonyl (C=O) groups excluding carboxylic acids is 3. The molecule has 0 saturated carbocycles. The van der Waals surface area contributed by atoms with Gasteiger partial charge in [0.1, 0.15) is 0 Å². The molecule has 26 heavy (non-hydrogen) atoms. The second-order valence-electron chi connectivity index (χ2n) is 6.19. The molecule has 3 rings (SSSR count). The van der Waals surface area contributed by atoms with Gasteiger partial charge in [0, 0.05) is 25.4 Å². The number of carbonyl (C=O) groups is 3. The fraction of sp³-hybridized carbons (Fsp3) is 0.412. The Morgan fingerprint density at radius 2 is 2.12 bits per heavy atom. The topological polar surface area (TPSA) is 93.5 Å². The summed E-state index contributed by atoms with van der Waals surface area (Å²) < 4.78 is 6.24. The first-order chi connectivity index (χ1) is 12.3. The Kier molecular flexibility index (Phi) is 4.82. The van der Waals surface area contributed by atoms with E-state index in [1.165, 1.54) is 23.1 Å². The highest BCUT2D eigenvalue weighted by molar-refractivity contribution is 7.10. The number of hydrogen-bond acceptors (Lipinski definition) is 6. The molecule has 1 fully saturated rings. The highest BCUT2D eigenvalue weighted by Crippen LogP contribution is 2.39. The molecule has 0 bridgehead atoms. The normalized spacial score (nSPS) is 19.7. The number of nitrogens with one attached hydrogen (secondary N) is 1. The van der Waals surface area contributed by atoms with E-state index in [1.807, 2.05) is 17.5 Å². The van der Waals surface area contributed by atoms with Gasteiger partial charge in [-0.15, -0.1) is 11.3 Å². The Morgan fingerprint density at radius 3 is 2.73 bits per heavy atom. The molecule has 1 N–H and O–H groups in total. The number of aromatic nitrogens is 2. The number of likely N-dealkylation sites (tertiary alicyclic amines) is 1. The molecule has 0 spiro atoms. The van der Waals surface area contributed by atoms with Crippen molar-refractivity contribution in [3.8, 4) is 0 Å². The molecule has 9 heteroatoms. The van der Waals surface area contributed by atoms with Crippen molar-refractivity contribution in [2.45, 2.75) is 19.4 Å². The lowest BCUT2D eigenvalue weighted by Crippen LogP contribution is -2.30. The van der Waals surface area contributed by atoms with Crippen LogP contribution < -0.4 is 5.32 Å². The van der Waals surface area contributed by atoms with E-state index in [0.717, 1.165) is 4.88 Å². The van der Waals surface area contributed by atoms with Crippen LogP contribution in [-0.2, 0) is 21.4 Å². The number of methoxy groups -OCH3 is 1. The number of aryl methyl sites for hydroxylation is 1. The number of anilines is 1. The summed E-state index contributed by atoms with van der Waals surface area (Å²) in [6.07, 6.45) is 0.123. The lowest BCUT2D eigenvalue weighted by Gasteiger charge is -2.23. The number of hydrogen-bond donors (Lipinski definition) is 1. The minimum absolute atomic E-state index is 0.0474. The maximum atomic E-state index is 13.0. The predicted octanol–water partition coefficient (Wildman–Crippen LogP) is 1.73. The van der Waals surface area contributed by atoms with Crippen LogP contribution >= 0.6 is 11.3 Å². The van der Waals surface area contributed by atoms with Crippen LogP contribution in [0.15, 0.2) is 17.5 Å². The van der Waals surface area contributed by atoms with Crippen molar-refractivity contribution in [1.29, 1.82) is 0 Å². The van der Waals surface area contributed by atoms with Gasteiger partial charge in [-0.05, 0) is 18.4 Å². The van der Waals surface area contributed by atoms with Crippen LogP contribution in [0.2, 0.25) is 0 Å². The first-order valence-corrected chi connectivity index (χ1v) is 8.95. The quantitative estimate of drug-likeness (QED) is 0.821. The zero-order valence-corrected chi connectivity index (χ0v) is 15.8. The van der Waals surface area contributed by atoms with Gasteiger partial charge < -0.3 is 15.0 Å². The highest BCUT2D eigenvalue weighted by Gasteiger charge is 2.43. The smallest absolute Gasteiger partial charge is 0.360 e. The molecular weight excluding hydrogens is 356 g/mol. The van der Waals surface area contributed by atoms with Gasteiger partial charge in [-0.3, -0.25) is 14.3 Å². The Morgan fingerprint density at radius 1 is 1.38 bits per heavy atom. The first kappa shape index (κ1) is 18.1. The van der Waals surface area contributed by atoms with E-state index in [1.54, 1.807) is 25.9 Å². The van der Waals surface area contributed by atoms with Crippen molar-refractivity contribution >= 4 is 34.8 Å². The third-order valence-electron chi connectivity index (χ3n) is 4.72. The van der Waals surface area contributed by atoms with Crippen molar-refractivity contribution in [1.82, 2.24) is 14.7 Å². The van der Waals surface area contributed by atoms with Gasteiger partial charge in [0.05, 0.1) is 30.5 Å². The van der Waals surface area contributed by atoms with E-state index in [2.05, 4.69) is 10.4 Å². The molecule has 2 aromatic rings. The monoisotopic (exact) mass is 376 g/mol. The van der Waals surface area contributed by atoms with Crippen molar-refractivity contribution in [3.05, 3.63) is 33.8 Å². The predicted molar refractivity (Wildman–Crippen MR) is 95.9 cm³/mol. The summed E-state index contributed by atoms with van der Waals surface area (Å²) in [5.41, 5.74) is 0.992. The summed E-state index contributed by atoms with van der Waals surface area (Å²) in [6.45, 7) is 1.75. The van der Waals surface area contributed by atoms with E-state index in [-0.39, 0.29) is 30.0 Å². The van der Waals surface area contributed by atoms with Crippen LogP contribution in [0.3, 0.4) is 0 Å². The van der Waals surface area contributed by atoms with Gasteiger partial charge in [-0.2, -0.15) is 5.10 Å². The number of thiophene rings is 1. The van der Waals surface area contributed by atoms with Crippen molar-refractivity contribution in [2.75, 3.05) is 19.5 Å². The van der Waals surface area contributed by atoms with Gasteiger partial charge in [0.15, 0.2) is 5.69 Å². The third kappa shape index (κ3) is 2.98. The standard InChI is InChI=1S/C17H20N4O4S/c1-9-13(14(17(24)25-4)19-21(9)3)18-16(23)10-8-12(22)20(2)15(10)11-6-5-7-26-11/h5-7,10,15H,8H2,1-4H3,(H,18,23). The number of amides is 2. The van der Waals surface area contributed by atoms with Gasteiger partial charge >= 0.3 is 5.97 Å². The van der Waals surface area contributed by atoms with E-state index in [4.69, 9.17) is 4.74 Å². The zero-order chi connectivity index (χ0) is 19.0. The molecule has 2 unspecified atom stereocenters. The fourth-order valence-corrected chi connectivity index (χ4v) is 4.10. The number of ether oxygens (including phenoxy) is 1. The number of rotatable bonds is 4. The first-order valence-electron chi connectivity index (χ1n) is 8.07. The molecule has 2 atom stereocenters. The molecule has 2 amide bonds. The molecule has 1 saturated heterocycles. The summed E-state index contributed by atoms with van der Waals surface area (Å²) >= 11 is 1.51. The van der Waals surface area contributed by atoms with E-state index in [9.17, 15) is 14.4 Å². The van der Waals surface area contributed by atoms with E-state index >= 15 is 0 Å². The van der Waals surface area contributed by atoms with Crippen molar-refractivity contribution in [3.63, 3.8) is 0 Å². The van der Waals surface area contributed by atoms with Crippen LogP contribution in [0.1, 0.15) is 33.5 Å². The molecule has 1 aliphatic rings. The second kappa shape index (κ2) is 6.91. The fourth-order valence-electron chi connectivity index (χ4n) is 3.17. The molecule has 1 aliphatic heterocycles. The average molecular weight is 376 g/mol. The summed E-state index contributed by atoms with van der Waals surface area (Å²) in [7, 11) is 4.64. The number of esters is 1. The molecule has 0 aromatic carbocycles. The molecule has 0 radical (unpaired) electrons.